The van der Waals surface area contributed by atoms with E-state index in [1.54, 1.807) is 0 Å². The standard InChI is InChI=1S/C9H20N2/c1-9(2,3)11-7-8-5-4-6-10-8/h8,10-11H,4-7H2,1-3H3/t8-/m0/s1. The molecule has 0 spiro atoms. The van der Waals surface area contributed by atoms with Gasteiger partial charge in [-0.3, -0.25) is 0 Å². The van der Waals surface area contributed by atoms with Gasteiger partial charge in [-0.1, -0.05) is 0 Å². The summed E-state index contributed by atoms with van der Waals surface area (Å²) in [6, 6.07) is 0.717. The smallest absolute Gasteiger partial charge is 0.0193 e. The molecule has 1 aliphatic heterocycles. The molecule has 0 saturated carbocycles. The molecule has 1 heterocycles. The van der Waals surface area contributed by atoms with Crippen LogP contribution in [0.3, 0.4) is 0 Å². The molecule has 2 nitrogen and oxygen atoms in total. The van der Waals surface area contributed by atoms with Crippen LogP contribution in [0.1, 0.15) is 33.6 Å². The second-order valence-corrected chi connectivity index (χ2v) is 4.42. The summed E-state index contributed by atoms with van der Waals surface area (Å²) in [5.74, 6) is 0. The SMILES string of the molecule is CC(C)(C)NC[C@@H]1CCCN1. The highest BCUT2D eigenvalue weighted by Gasteiger charge is 2.16. The average Bonchev–Trinajstić information content (AvgIpc) is 2.32. The average molecular weight is 156 g/mol. The first kappa shape index (κ1) is 9.01. The third-order valence-corrected chi connectivity index (χ3v) is 2.04. The van der Waals surface area contributed by atoms with Crippen LogP contribution in [0.2, 0.25) is 0 Å². The lowest BCUT2D eigenvalue weighted by Gasteiger charge is -2.23. The zero-order valence-electron chi connectivity index (χ0n) is 7.91. The van der Waals surface area contributed by atoms with E-state index >= 15 is 0 Å². The van der Waals surface area contributed by atoms with Crippen LogP contribution in [-0.2, 0) is 0 Å². The van der Waals surface area contributed by atoms with Gasteiger partial charge in [-0.2, -0.15) is 0 Å². The van der Waals surface area contributed by atoms with Crippen molar-refractivity contribution in [2.24, 2.45) is 0 Å². The number of rotatable bonds is 2. The van der Waals surface area contributed by atoms with Crippen LogP contribution in [0, 0.1) is 0 Å². The van der Waals surface area contributed by atoms with Gasteiger partial charge in [0.2, 0.25) is 0 Å². The van der Waals surface area contributed by atoms with Gasteiger partial charge in [0.15, 0.2) is 0 Å². The Morgan fingerprint density at radius 1 is 1.45 bits per heavy atom. The van der Waals surface area contributed by atoms with Gasteiger partial charge in [0, 0.05) is 18.1 Å². The van der Waals surface area contributed by atoms with E-state index in [0.717, 1.165) is 6.54 Å². The topological polar surface area (TPSA) is 24.1 Å². The Hall–Kier alpha value is -0.0800. The summed E-state index contributed by atoms with van der Waals surface area (Å²) in [5.41, 5.74) is 0.268. The van der Waals surface area contributed by atoms with Crippen LogP contribution in [0.25, 0.3) is 0 Å². The molecule has 0 aromatic carbocycles. The second kappa shape index (κ2) is 3.55. The fraction of sp³-hybridized carbons (Fsp3) is 1.00. The number of hydrogen-bond acceptors (Lipinski definition) is 2. The first-order valence-electron chi connectivity index (χ1n) is 4.56. The largest absolute Gasteiger partial charge is 0.313 e. The van der Waals surface area contributed by atoms with E-state index in [2.05, 4.69) is 31.4 Å². The normalized spacial score (nSPS) is 25.9. The van der Waals surface area contributed by atoms with Gasteiger partial charge >= 0.3 is 0 Å². The monoisotopic (exact) mass is 156 g/mol. The molecule has 2 N–H and O–H groups in total. The molecule has 66 valence electrons. The van der Waals surface area contributed by atoms with Gasteiger partial charge in [-0.25, -0.2) is 0 Å². The van der Waals surface area contributed by atoms with Crippen molar-refractivity contribution in [3.63, 3.8) is 0 Å². The van der Waals surface area contributed by atoms with Crippen molar-refractivity contribution in [2.45, 2.75) is 45.2 Å². The first-order chi connectivity index (χ1) is 5.08. The number of hydrogen-bond donors (Lipinski definition) is 2. The van der Waals surface area contributed by atoms with E-state index in [-0.39, 0.29) is 5.54 Å². The van der Waals surface area contributed by atoms with E-state index in [0.29, 0.717) is 6.04 Å². The lowest BCUT2D eigenvalue weighted by Crippen LogP contribution is -2.43. The molecule has 1 atom stereocenters. The summed E-state index contributed by atoms with van der Waals surface area (Å²) in [6.07, 6.45) is 2.68. The fourth-order valence-corrected chi connectivity index (χ4v) is 1.36. The Morgan fingerprint density at radius 3 is 2.64 bits per heavy atom. The molecule has 0 unspecified atom stereocenters. The van der Waals surface area contributed by atoms with Crippen LogP contribution in [0.5, 0.6) is 0 Å². The summed E-state index contributed by atoms with van der Waals surface area (Å²) in [6.45, 7) is 8.95. The minimum absolute atomic E-state index is 0.268. The van der Waals surface area contributed by atoms with Crippen molar-refractivity contribution >= 4 is 0 Å². The summed E-state index contributed by atoms with van der Waals surface area (Å²) in [4.78, 5) is 0. The van der Waals surface area contributed by atoms with Gasteiger partial charge in [0.1, 0.15) is 0 Å². The second-order valence-electron chi connectivity index (χ2n) is 4.42. The van der Waals surface area contributed by atoms with Gasteiger partial charge in [-0.15, -0.1) is 0 Å². The molecule has 2 heteroatoms. The predicted molar refractivity (Wildman–Crippen MR) is 48.8 cm³/mol. The van der Waals surface area contributed by atoms with Gasteiger partial charge in [-0.05, 0) is 40.2 Å². The molecule has 0 aromatic heterocycles. The first-order valence-corrected chi connectivity index (χ1v) is 4.56. The van der Waals surface area contributed by atoms with Crippen molar-refractivity contribution in [3.8, 4) is 0 Å². The highest BCUT2D eigenvalue weighted by Crippen LogP contribution is 2.05. The molecule has 1 rings (SSSR count). The molecule has 1 saturated heterocycles. The van der Waals surface area contributed by atoms with Crippen LogP contribution in [0.4, 0.5) is 0 Å². The quantitative estimate of drug-likeness (QED) is 0.626. The maximum atomic E-state index is 3.50. The Bertz CT molecular complexity index is 109. The van der Waals surface area contributed by atoms with Crippen LogP contribution in [0.15, 0.2) is 0 Å². The highest BCUT2D eigenvalue weighted by atomic mass is 15.0. The molecular weight excluding hydrogens is 136 g/mol. The molecule has 0 aliphatic carbocycles. The zero-order chi connectivity index (χ0) is 8.32. The van der Waals surface area contributed by atoms with E-state index in [4.69, 9.17) is 0 Å². The molecule has 0 bridgehead atoms. The van der Waals surface area contributed by atoms with Crippen molar-refractivity contribution < 1.29 is 0 Å². The van der Waals surface area contributed by atoms with Gasteiger partial charge < -0.3 is 10.6 Å². The Labute approximate surface area is 69.8 Å². The third-order valence-electron chi connectivity index (χ3n) is 2.04. The molecule has 11 heavy (non-hydrogen) atoms. The van der Waals surface area contributed by atoms with Crippen molar-refractivity contribution in [1.82, 2.24) is 10.6 Å². The lowest BCUT2D eigenvalue weighted by atomic mass is 10.1. The fourth-order valence-electron chi connectivity index (χ4n) is 1.36. The molecular formula is C9H20N2. The summed E-state index contributed by atoms with van der Waals surface area (Å²) in [5, 5.41) is 6.97. The van der Waals surface area contributed by atoms with Gasteiger partial charge in [0.05, 0.1) is 0 Å². The minimum Gasteiger partial charge on any atom is -0.313 e. The maximum absolute atomic E-state index is 3.50. The van der Waals surface area contributed by atoms with Crippen LogP contribution in [-0.4, -0.2) is 24.7 Å². The molecule has 0 radical (unpaired) electrons. The Balaban J connectivity index is 2.11. The van der Waals surface area contributed by atoms with Crippen molar-refractivity contribution in [2.75, 3.05) is 13.1 Å². The van der Waals surface area contributed by atoms with Gasteiger partial charge in [0.25, 0.3) is 0 Å². The summed E-state index contributed by atoms with van der Waals surface area (Å²) >= 11 is 0. The van der Waals surface area contributed by atoms with E-state index < -0.39 is 0 Å². The van der Waals surface area contributed by atoms with Crippen LogP contribution < -0.4 is 10.6 Å². The lowest BCUT2D eigenvalue weighted by molar-refractivity contribution is 0.394. The van der Waals surface area contributed by atoms with E-state index in [1.807, 2.05) is 0 Å². The highest BCUT2D eigenvalue weighted by molar-refractivity contribution is 4.80. The zero-order valence-corrected chi connectivity index (χ0v) is 7.91. The Morgan fingerprint density at radius 2 is 2.18 bits per heavy atom. The minimum atomic E-state index is 0.268. The molecule has 1 fully saturated rings. The van der Waals surface area contributed by atoms with Crippen molar-refractivity contribution in [3.05, 3.63) is 0 Å². The van der Waals surface area contributed by atoms with Crippen LogP contribution >= 0.6 is 0 Å². The molecule has 0 aromatic rings. The van der Waals surface area contributed by atoms with E-state index in [9.17, 15) is 0 Å². The summed E-state index contributed by atoms with van der Waals surface area (Å²) in [7, 11) is 0. The summed E-state index contributed by atoms with van der Waals surface area (Å²) < 4.78 is 0. The maximum Gasteiger partial charge on any atom is 0.0193 e. The Kier molecular flexibility index (Phi) is 2.90. The number of nitrogens with one attached hydrogen (secondary N) is 2. The third kappa shape index (κ3) is 3.73. The van der Waals surface area contributed by atoms with E-state index in [1.165, 1.54) is 19.4 Å². The molecule has 0 amide bonds. The predicted octanol–water partition coefficient (Wildman–Crippen LogP) is 1.13. The molecule has 1 aliphatic rings. The van der Waals surface area contributed by atoms with Crippen molar-refractivity contribution in [1.29, 1.82) is 0 Å².